The van der Waals surface area contributed by atoms with Crippen LogP contribution in [0.15, 0.2) is 24.3 Å². The van der Waals surface area contributed by atoms with Crippen molar-refractivity contribution in [3.63, 3.8) is 0 Å². The van der Waals surface area contributed by atoms with Gasteiger partial charge in [-0.1, -0.05) is 0 Å². The molecule has 0 aliphatic carbocycles. The van der Waals surface area contributed by atoms with E-state index in [-0.39, 0.29) is 23.8 Å². The van der Waals surface area contributed by atoms with Crippen molar-refractivity contribution in [1.29, 1.82) is 0 Å². The first-order valence-electron chi connectivity index (χ1n) is 10.5. The molecule has 2 unspecified atom stereocenters. The van der Waals surface area contributed by atoms with Crippen molar-refractivity contribution in [3.05, 3.63) is 58.4 Å². The van der Waals surface area contributed by atoms with Gasteiger partial charge in [0.2, 0.25) is 0 Å². The maximum atomic E-state index is 13.9. The van der Waals surface area contributed by atoms with Crippen molar-refractivity contribution < 1.29 is 22.6 Å². The maximum absolute atomic E-state index is 13.9. The first-order chi connectivity index (χ1) is 15.9. The van der Waals surface area contributed by atoms with Crippen molar-refractivity contribution in [1.82, 2.24) is 35.7 Å². The standard InChI is InChI=1S/C21H24F3N7O2/c1-12-7-17(13(2)27-26-12)19(20-28-29-30-31(20)10-14-5-6-32-11-14)25-9-15-8-16(22)3-4-18(15)33-21(23)24/h3-4,7-8,14,19,21,25H,5-6,9-11H2,1-2H3. The Morgan fingerprint density at radius 1 is 1.21 bits per heavy atom. The number of halogens is 3. The molecule has 1 aliphatic heterocycles. The van der Waals surface area contributed by atoms with E-state index in [1.165, 1.54) is 6.07 Å². The fourth-order valence-electron chi connectivity index (χ4n) is 3.83. The Labute approximate surface area is 188 Å². The highest BCUT2D eigenvalue weighted by Crippen LogP contribution is 2.27. The number of hydrogen-bond donors (Lipinski definition) is 1. The third-order valence-corrected chi connectivity index (χ3v) is 5.46. The summed E-state index contributed by atoms with van der Waals surface area (Å²) in [7, 11) is 0. The van der Waals surface area contributed by atoms with Gasteiger partial charge in [0.15, 0.2) is 5.82 Å². The summed E-state index contributed by atoms with van der Waals surface area (Å²) >= 11 is 0. The zero-order chi connectivity index (χ0) is 23.4. The van der Waals surface area contributed by atoms with Gasteiger partial charge in [-0.05, 0) is 55.0 Å². The summed E-state index contributed by atoms with van der Waals surface area (Å²) in [6, 6.07) is 4.72. The first kappa shape index (κ1) is 23.1. The minimum atomic E-state index is -3.03. The van der Waals surface area contributed by atoms with E-state index in [0.717, 1.165) is 24.1 Å². The van der Waals surface area contributed by atoms with Crippen LogP contribution >= 0.6 is 0 Å². The molecule has 0 radical (unpaired) electrons. The second-order valence-electron chi connectivity index (χ2n) is 7.92. The number of aromatic nitrogens is 6. The molecule has 1 saturated heterocycles. The molecule has 2 atom stereocenters. The molecule has 176 valence electrons. The lowest BCUT2D eigenvalue weighted by Crippen LogP contribution is -2.28. The van der Waals surface area contributed by atoms with Crippen LogP contribution in [0.3, 0.4) is 0 Å². The van der Waals surface area contributed by atoms with E-state index in [9.17, 15) is 13.2 Å². The Morgan fingerprint density at radius 3 is 2.82 bits per heavy atom. The van der Waals surface area contributed by atoms with E-state index in [0.29, 0.717) is 37.0 Å². The van der Waals surface area contributed by atoms with Crippen LogP contribution in [0, 0.1) is 25.6 Å². The summed E-state index contributed by atoms with van der Waals surface area (Å²) in [6.45, 7) is 2.50. The molecule has 1 aliphatic rings. The number of hydrogen-bond acceptors (Lipinski definition) is 8. The number of benzene rings is 1. The SMILES string of the molecule is Cc1cc(C(NCc2cc(F)ccc2OC(F)F)c2nnnn2CC2CCOC2)c(C)nn1. The van der Waals surface area contributed by atoms with Gasteiger partial charge >= 0.3 is 6.61 Å². The van der Waals surface area contributed by atoms with Gasteiger partial charge in [-0.15, -0.1) is 5.10 Å². The largest absolute Gasteiger partial charge is 0.434 e. The molecule has 3 aromatic rings. The molecule has 12 heteroatoms. The Bertz CT molecular complexity index is 1090. The zero-order valence-electron chi connectivity index (χ0n) is 18.2. The average Bonchev–Trinajstić information content (AvgIpc) is 3.45. The molecule has 0 amide bonds. The van der Waals surface area contributed by atoms with Gasteiger partial charge in [0.1, 0.15) is 11.6 Å². The molecule has 3 heterocycles. The van der Waals surface area contributed by atoms with Crippen LogP contribution in [-0.2, 0) is 17.8 Å². The second-order valence-corrected chi connectivity index (χ2v) is 7.92. The van der Waals surface area contributed by atoms with Gasteiger partial charge in [-0.2, -0.15) is 19.0 Å². The van der Waals surface area contributed by atoms with Crippen LogP contribution in [0.1, 0.15) is 40.8 Å². The van der Waals surface area contributed by atoms with E-state index >= 15 is 0 Å². The van der Waals surface area contributed by atoms with Crippen molar-refractivity contribution in [2.24, 2.45) is 5.92 Å². The molecule has 0 spiro atoms. The predicted octanol–water partition coefficient (Wildman–Crippen LogP) is 2.74. The highest BCUT2D eigenvalue weighted by molar-refractivity contribution is 5.35. The number of alkyl halides is 2. The summed E-state index contributed by atoms with van der Waals surface area (Å²) in [5.41, 5.74) is 2.35. The summed E-state index contributed by atoms with van der Waals surface area (Å²) in [5, 5.41) is 23.8. The Balaban J connectivity index is 1.66. The van der Waals surface area contributed by atoms with Gasteiger partial charge in [-0.3, -0.25) is 5.32 Å². The summed E-state index contributed by atoms with van der Waals surface area (Å²) in [4.78, 5) is 0. The monoisotopic (exact) mass is 463 g/mol. The number of ether oxygens (including phenoxy) is 2. The molecule has 9 nitrogen and oxygen atoms in total. The Kier molecular flexibility index (Phi) is 7.14. The molecule has 2 aromatic heterocycles. The van der Waals surface area contributed by atoms with Crippen molar-refractivity contribution in [2.75, 3.05) is 13.2 Å². The molecule has 0 saturated carbocycles. The number of nitrogens with one attached hydrogen (secondary N) is 1. The lowest BCUT2D eigenvalue weighted by molar-refractivity contribution is -0.0505. The van der Waals surface area contributed by atoms with Crippen LogP contribution < -0.4 is 10.1 Å². The van der Waals surface area contributed by atoms with Gasteiger partial charge in [0.25, 0.3) is 0 Å². The second kappa shape index (κ2) is 10.2. The molecule has 1 aromatic carbocycles. The van der Waals surface area contributed by atoms with E-state index in [4.69, 9.17) is 4.74 Å². The molecule has 4 rings (SSSR count). The third-order valence-electron chi connectivity index (χ3n) is 5.46. The molecular formula is C21H24F3N7O2. The third kappa shape index (κ3) is 5.63. The van der Waals surface area contributed by atoms with Gasteiger partial charge in [0, 0.05) is 36.7 Å². The normalized spacial score (nSPS) is 17.0. The van der Waals surface area contributed by atoms with Crippen molar-refractivity contribution >= 4 is 0 Å². The molecule has 0 bridgehead atoms. The summed E-state index contributed by atoms with van der Waals surface area (Å²) in [6.07, 6.45) is 0.907. The quantitative estimate of drug-likeness (QED) is 0.517. The average molecular weight is 463 g/mol. The molecule has 1 N–H and O–H groups in total. The van der Waals surface area contributed by atoms with Crippen LogP contribution in [0.4, 0.5) is 13.2 Å². The molecule has 33 heavy (non-hydrogen) atoms. The minimum Gasteiger partial charge on any atom is -0.434 e. The zero-order valence-corrected chi connectivity index (χ0v) is 18.2. The number of rotatable bonds is 9. The first-order valence-corrected chi connectivity index (χ1v) is 10.5. The van der Waals surface area contributed by atoms with Gasteiger partial charge in [0.05, 0.1) is 24.0 Å². The lowest BCUT2D eigenvalue weighted by atomic mass is 10.0. The van der Waals surface area contributed by atoms with E-state index < -0.39 is 18.5 Å². The van der Waals surface area contributed by atoms with E-state index in [1.54, 1.807) is 4.68 Å². The van der Waals surface area contributed by atoms with Gasteiger partial charge < -0.3 is 9.47 Å². The molecular weight excluding hydrogens is 439 g/mol. The Hall–Kier alpha value is -3.12. The fraction of sp³-hybridized carbons (Fsp3) is 0.476. The van der Waals surface area contributed by atoms with Crippen molar-refractivity contribution in [3.8, 4) is 5.75 Å². The van der Waals surface area contributed by atoms with Crippen LogP contribution in [-0.4, -0.2) is 50.2 Å². The lowest BCUT2D eigenvalue weighted by Gasteiger charge is -2.21. The predicted molar refractivity (Wildman–Crippen MR) is 110 cm³/mol. The highest BCUT2D eigenvalue weighted by Gasteiger charge is 2.26. The topological polar surface area (TPSA) is 99.9 Å². The maximum Gasteiger partial charge on any atom is 0.387 e. The van der Waals surface area contributed by atoms with Crippen molar-refractivity contribution in [2.45, 2.75) is 46.0 Å². The van der Waals surface area contributed by atoms with Crippen LogP contribution in [0.25, 0.3) is 0 Å². The summed E-state index contributed by atoms with van der Waals surface area (Å²) < 4.78 is 51.3. The number of nitrogens with zero attached hydrogens (tertiary/aromatic N) is 6. The number of tetrazole rings is 1. The van der Waals surface area contributed by atoms with E-state index in [2.05, 4.69) is 35.8 Å². The smallest absolute Gasteiger partial charge is 0.387 e. The van der Waals surface area contributed by atoms with Crippen LogP contribution in [0.2, 0.25) is 0 Å². The van der Waals surface area contributed by atoms with E-state index in [1.807, 2.05) is 19.9 Å². The Morgan fingerprint density at radius 2 is 2.06 bits per heavy atom. The highest BCUT2D eigenvalue weighted by atomic mass is 19.3. The van der Waals surface area contributed by atoms with Gasteiger partial charge in [-0.25, -0.2) is 9.07 Å². The molecule has 1 fully saturated rings. The number of aryl methyl sites for hydroxylation is 2. The minimum absolute atomic E-state index is 0.0185. The summed E-state index contributed by atoms with van der Waals surface area (Å²) in [5.74, 6) is 0.125. The fourth-order valence-corrected chi connectivity index (χ4v) is 3.83. The van der Waals surface area contributed by atoms with Crippen LogP contribution in [0.5, 0.6) is 5.75 Å².